The van der Waals surface area contributed by atoms with Crippen molar-refractivity contribution in [1.29, 1.82) is 0 Å². The van der Waals surface area contributed by atoms with Crippen molar-refractivity contribution in [3.63, 3.8) is 0 Å². The number of nitrogens with zero attached hydrogens (tertiary/aromatic N) is 2. The molecule has 1 aromatic heterocycles. The molecule has 196 valence electrons. The average molecular weight is 538 g/mol. The summed E-state index contributed by atoms with van der Waals surface area (Å²) in [5.41, 5.74) is 4.58. The van der Waals surface area contributed by atoms with Crippen LogP contribution >= 0.6 is 11.6 Å². The van der Waals surface area contributed by atoms with Crippen molar-refractivity contribution < 1.29 is 9.53 Å². The van der Waals surface area contributed by atoms with Crippen molar-refractivity contribution in [3.8, 4) is 16.9 Å². The molecular weight excluding hydrogens is 510 g/mol. The Labute approximate surface area is 231 Å². The summed E-state index contributed by atoms with van der Waals surface area (Å²) >= 11 is 6.15. The average Bonchev–Trinajstić information content (AvgIpc) is 2.96. The highest BCUT2D eigenvalue weighted by molar-refractivity contribution is 6.30. The number of fused-ring (bicyclic) bond motifs is 1. The Morgan fingerprint density at radius 2 is 1.72 bits per heavy atom. The minimum absolute atomic E-state index is 0.136. The zero-order valence-corrected chi connectivity index (χ0v) is 22.5. The van der Waals surface area contributed by atoms with E-state index in [2.05, 4.69) is 12.2 Å². The molecule has 0 spiro atoms. The van der Waals surface area contributed by atoms with E-state index in [0.29, 0.717) is 45.9 Å². The molecule has 0 atom stereocenters. The number of hydrogen-bond acceptors (Lipinski definition) is 4. The number of nitrogens with one attached hydrogen (secondary N) is 1. The second kappa shape index (κ2) is 11.5. The van der Waals surface area contributed by atoms with Crippen LogP contribution in [-0.4, -0.2) is 22.6 Å². The van der Waals surface area contributed by atoms with E-state index in [1.165, 1.54) is 0 Å². The second-order valence-electron chi connectivity index (χ2n) is 9.29. The molecular formula is C32H28ClN3O3. The minimum atomic E-state index is -0.271. The van der Waals surface area contributed by atoms with E-state index < -0.39 is 0 Å². The summed E-state index contributed by atoms with van der Waals surface area (Å²) < 4.78 is 6.89. The number of amides is 1. The van der Waals surface area contributed by atoms with Crippen LogP contribution in [0.1, 0.15) is 35.1 Å². The molecule has 1 heterocycles. The predicted octanol–water partition coefficient (Wildman–Crippen LogP) is 6.98. The van der Waals surface area contributed by atoms with Gasteiger partial charge in [-0.3, -0.25) is 14.2 Å². The number of anilines is 1. The minimum Gasteiger partial charge on any atom is -0.497 e. The Bertz CT molecular complexity index is 1690. The van der Waals surface area contributed by atoms with Gasteiger partial charge in [-0.2, -0.15) is 0 Å². The van der Waals surface area contributed by atoms with Crippen LogP contribution in [0.3, 0.4) is 0 Å². The van der Waals surface area contributed by atoms with Gasteiger partial charge in [0.25, 0.3) is 11.5 Å². The van der Waals surface area contributed by atoms with Gasteiger partial charge in [-0.1, -0.05) is 54.9 Å². The SMILES string of the molecule is CCCc1nc2ccc(NC(=O)c3ccc(OC)cc3)cc2c(=O)n1Cc1ccc(-c2cccc(Cl)c2)cc1. The molecule has 4 aromatic carbocycles. The Morgan fingerprint density at radius 3 is 2.41 bits per heavy atom. The van der Waals surface area contributed by atoms with Crippen molar-refractivity contribution in [2.45, 2.75) is 26.3 Å². The first-order chi connectivity index (χ1) is 18.9. The smallest absolute Gasteiger partial charge is 0.261 e. The Morgan fingerprint density at radius 1 is 0.949 bits per heavy atom. The van der Waals surface area contributed by atoms with Gasteiger partial charge in [0.15, 0.2) is 0 Å². The van der Waals surface area contributed by atoms with Crippen molar-refractivity contribution in [2.24, 2.45) is 0 Å². The monoisotopic (exact) mass is 537 g/mol. The van der Waals surface area contributed by atoms with Gasteiger partial charge in [0.05, 0.1) is 24.6 Å². The molecule has 0 radical (unpaired) electrons. The van der Waals surface area contributed by atoms with E-state index in [4.69, 9.17) is 21.3 Å². The van der Waals surface area contributed by atoms with Gasteiger partial charge in [-0.05, 0) is 77.7 Å². The van der Waals surface area contributed by atoms with Gasteiger partial charge in [0.2, 0.25) is 0 Å². The van der Waals surface area contributed by atoms with E-state index in [9.17, 15) is 9.59 Å². The van der Waals surface area contributed by atoms with Gasteiger partial charge in [-0.25, -0.2) is 4.98 Å². The van der Waals surface area contributed by atoms with E-state index in [1.807, 2.05) is 48.5 Å². The fraction of sp³-hybridized carbons (Fsp3) is 0.156. The molecule has 0 bridgehead atoms. The summed E-state index contributed by atoms with van der Waals surface area (Å²) in [5.74, 6) is 1.14. The first-order valence-corrected chi connectivity index (χ1v) is 13.2. The van der Waals surface area contributed by atoms with Crippen LogP contribution in [0.2, 0.25) is 5.02 Å². The molecule has 1 N–H and O–H groups in total. The third-order valence-electron chi connectivity index (χ3n) is 6.57. The summed E-state index contributed by atoms with van der Waals surface area (Å²) in [6, 6.07) is 27.9. The van der Waals surface area contributed by atoms with E-state index >= 15 is 0 Å². The first-order valence-electron chi connectivity index (χ1n) is 12.8. The largest absolute Gasteiger partial charge is 0.497 e. The molecule has 39 heavy (non-hydrogen) atoms. The summed E-state index contributed by atoms with van der Waals surface area (Å²) in [5, 5.41) is 4.03. The van der Waals surface area contributed by atoms with Crippen LogP contribution in [0.4, 0.5) is 5.69 Å². The van der Waals surface area contributed by atoms with Gasteiger partial charge < -0.3 is 10.1 Å². The number of benzene rings is 4. The lowest BCUT2D eigenvalue weighted by atomic mass is 10.0. The summed E-state index contributed by atoms with van der Waals surface area (Å²) in [6.45, 7) is 2.47. The summed E-state index contributed by atoms with van der Waals surface area (Å²) in [7, 11) is 1.58. The van der Waals surface area contributed by atoms with Crippen LogP contribution in [0.15, 0.2) is 95.8 Å². The Hall–Kier alpha value is -4.42. The quantitative estimate of drug-likeness (QED) is 0.232. The van der Waals surface area contributed by atoms with Gasteiger partial charge in [0, 0.05) is 22.7 Å². The van der Waals surface area contributed by atoms with Crippen molar-refractivity contribution in [2.75, 3.05) is 12.4 Å². The molecule has 0 saturated carbocycles. The lowest BCUT2D eigenvalue weighted by Gasteiger charge is -2.14. The molecule has 0 aliphatic carbocycles. The molecule has 7 heteroatoms. The number of carbonyl (C=O) groups excluding carboxylic acids is 1. The zero-order valence-electron chi connectivity index (χ0n) is 21.8. The number of rotatable bonds is 8. The molecule has 1 amide bonds. The molecule has 5 aromatic rings. The number of ether oxygens (including phenoxy) is 1. The number of hydrogen-bond donors (Lipinski definition) is 1. The van der Waals surface area contributed by atoms with Crippen LogP contribution in [0.5, 0.6) is 5.75 Å². The number of carbonyl (C=O) groups is 1. The summed E-state index contributed by atoms with van der Waals surface area (Å²) in [4.78, 5) is 31.3. The van der Waals surface area contributed by atoms with Gasteiger partial charge in [0.1, 0.15) is 11.6 Å². The second-order valence-corrected chi connectivity index (χ2v) is 9.73. The molecule has 6 nitrogen and oxygen atoms in total. The fourth-order valence-corrected chi connectivity index (χ4v) is 4.71. The Balaban J connectivity index is 1.44. The standard InChI is InChI=1S/C32H28ClN3O3/c1-3-5-30-35-29-17-14-26(34-31(37)23-12-15-27(39-2)16-13-23)19-28(29)32(38)36(30)20-21-8-10-22(11-9-21)24-6-4-7-25(33)18-24/h4,6-19H,3,5,20H2,1-2H3,(H,34,37). The normalized spacial score (nSPS) is 10.9. The predicted molar refractivity (Wildman–Crippen MR) is 157 cm³/mol. The van der Waals surface area contributed by atoms with Gasteiger partial charge in [-0.15, -0.1) is 0 Å². The third kappa shape index (κ3) is 5.86. The lowest BCUT2D eigenvalue weighted by molar-refractivity contribution is 0.102. The first kappa shape index (κ1) is 26.2. The summed E-state index contributed by atoms with van der Waals surface area (Å²) in [6.07, 6.45) is 1.55. The maximum Gasteiger partial charge on any atom is 0.261 e. The highest BCUT2D eigenvalue weighted by atomic mass is 35.5. The van der Waals surface area contributed by atoms with Crippen LogP contribution in [0, 0.1) is 0 Å². The van der Waals surface area contributed by atoms with E-state index in [0.717, 1.165) is 28.9 Å². The lowest BCUT2D eigenvalue weighted by Crippen LogP contribution is -2.26. The fourth-order valence-electron chi connectivity index (χ4n) is 4.52. The topological polar surface area (TPSA) is 73.2 Å². The molecule has 0 unspecified atom stereocenters. The third-order valence-corrected chi connectivity index (χ3v) is 6.80. The maximum atomic E-state index is 13.7. The zero-order chi connectivity index (χ0) is 27.4. The van der Waals surface area contributed by atoms with Crippen LogP contribution in [0.25, 0.3) is 22.0 Å². The number of halogens is 1. The van der Waals surface area contributed by atoms with Crippen molar-refractivity contribution in [1.82, 2.24) is 9.55 Å². The van der Waals surface area contributed by atoms with E-state index in [1.54, 1.807) is 54.1 Å². The highest BCUT2D eigenvalue weighted by Crippen LogP contribution is 2.24. The molecule has 0 fully saturated rings. The highest BCUT2D eigenvalue weighted by Gasteiger charge is 2.14. The number of aryl methyl sites for hydroxylation is 1. The van der Waals surface area contributed by atoms with Crippen molar-refractivity contribution >= 4 is 34.1 Å². The molecule has 0 aliphatic heterocycles. The number of methoxy groups -OCH3 is 1. The van der Waals surface area contributed by atoms with Crippen LogP contribution in [-0.2, 0) is 13.0 Å². The number of aromatic nitrogens is 2. The Kier molecular flexibility index (Phi) is 7.75. The maximum absolute atomic E-state index is 13.7. The molecule has 0 saturated heterocycles. The van der Waals surface area contributed by atoms with Crippen molar-refractivity contribution in [3.05, 3.63) is 123 Å². The van der Waals surface area contributed by atoms with E-state index in [-0.39, 0.29) is 11.5 Å². The van der Waals surface area contributed by atoms with Crippen LogP contribution < -0.4 is 15.6 Å². The van der Waals surface area contributed by atoms with Gasteiger partial charge >= 0.3 is 0 Å². The molecule has 0 aliphatic rings. The molecule has 5 rings (SSSR count).